The quantitative estimate of drug-likeness (QED) is 0.141. The molecule has 0 saturated carbocycles. The number of unbranched alkanes of at least 4 members (excludes halogenated alkanes) is 2. The van der Waals surface area contributed by atoms with Gasteiger partial charge < -0.3 is 4.90 Å². The van der Waals surface area contributed by atoms with Crippen LogP contribution in [0.2, 0.25) is 0 Å². The highest BCUT2D eigenvalue weighted by Crippen LogP contribution is 2.44. The van der Waals surface area contributed by atoms with E-state index in [9.17, 15) is 4.79 Å². The summed E-state index contributed by atoms with van der Waals surface area (Å²) in [7, 11) is 0. The molecule has 3 rings (SSSR count). The van der Waals surface area contributed by atoms with E-state index in [-0.39, 0.29) is 11.9 Å². The number of nitrogens with zero attached hydrogens (tertiary/aromatic N) is 2. The van der Waals surface area contributed by atoms with Crippen LogP contribution >= 0.6 is 0 Å². The van der Waals surface area contributed by atoms with Gasteiger partial charge in [-0.25, -0.2) is 0 Å². The average molecular weight is 476 g/mol. The zero-order chi connectivity index (χ0) is 25.0. The van der Waals surface area contributed by atoms with Crippen molar-refractivity contribution in [3.05, 3.63) is 89.6 Å². The van der Waals surface area contributed by atoms with Crippen molar-refractivity contribution in [1.29, 1.82) is 0 Å². The van der Waals surface area contributed by atoms with Crippen LogP contribution in [0.25, 0.3) is 0 Å². The molecular formula is C30H41N3O2. The number of nitrogens with one attached hydrogen (secondary N) is 1. The van der Waals surface area contributed by atoms with E-state index in [1.807, 2.05) is 60.4 Å². The number of amides is 1. The van der Waals surface area contributed by atoms with Gasteiger partial charge in [-0.2, -0.15) is 0 Å². The summed E-state index contributed by atoms with van der Waals surface area (Å²) in [6.45, 7) is 14.5. The summed E-state index contributed by atoms with van der Waals surface area (Å²) in [5.74, 6) is -0.00130. The molecule has 1 unspecified atom stereocenters. The molecule has 1 amide bonds. The molecule has 0 aliphatic carbocycles. The van der Waals surface area contributed by atoms with Crippen molar-refractivity contribution in [3.8, 4) is 0 Å². The SMILES string of the molecule is C=C(C=C1C(=O)N(c2ccccc2C)C1c1ccccc1)NOCCCN(CCCC)CCCC. The van der Waals surface area contributed by atoms with E-state index in [0.717, 1.165) is 42.9 Å². The number of para-hydroxylation sites is 1. The minimum atomic E-state index is -0.144. The molecule has 1 N–H and O–H groups in total. The lowest BCUT2D eigenvalue weighted by Crippen LogP contribution is -2.49. The van der Waals surface area contributed by atoms with Crippen LogP contribution in [0.5, 0.6) is 0 Å². The molecular weight excluding hydrogens is 434 g/mol. The molecule has 35 heavy (non-hydrogen) atoms. The normalized spacial score (nSPS) is 16.6. The highest BCUT2D eigenvalue weighted by atomic mass is 16.6. The Bertz CT molecular complexity index is 978. The van der Waals surface area contributed by atoms with Gasteiger partial charge in [0, 0.05) is 17.8 Å². The number of β-lactam (4-membered cyclic amide) rings is 1. The van der Waals surface area contributed by atoms with Crippen molar-refractivity contribution >= 4 is 11.6 Å². The third kappa shape index (κ3) is 7.30. The van der Waals surface area contributed by atoms with Gasteiger partial charge in [0.1, 0.15) is 0 Å². The lowest BCUT2D eigenvalue weighted by molar-refractivity contribution is -0.119. The second-order valence-electron chi connectivity index (χ2n) is 9.25. The van der Waals surface area contributed by atoms with Crippen LogP contribution in [0, 0.1) is 6.92 Å². The van der Waals surface area contributed by atoms with Gasteiger partial charge >= 0.3 is 0 Å². The molecule has 1 fully saturated rings. The Hall–Kier alpha value is -2.89. The van der Waals surface area contributed by atoms with Gasteiger partial charge in [0.25, 0.3) is 5.91 Å². The van der Waals surface area contributed by atoms with E-state index in [4.69, 9.17) is 4.84 Å². The van der Waals surface area contributed by atoms with Gasteiger partial charge in [0.2, 0.25) is 0 Å². The molecule has 1 heterocycles. The zero-order valence-electron chi connectivity index (χ0n) is 21.6. The number of hydroxylamine groups is 1. The average Bonchev–Trinajstić information content (AvgIpc) is 2.87. The first-order chi connectivity index (χ1) is 17.1. The predicted octanol–water partition coefficient (Wildman–Crippen LogP) is 6.34. The molecule has 188 valence electrons. The fourth-order valence-corrected chi connectivity index (χ4v) is 4.45. The van der Waals surface area contributed by atoms with Gasteiger partial charge in [-0.05, 0) is 62.5 Å². The van der Waals surface area contributed by atoms with E-state index in [2.05, 4.69) is 42.9 Å². The van der Waals surface area contributed by atoms with Crippen molar-refractivity contribution < 1.29 is 9.63 Å². The smallest absolute Gasteiger partial charge is 0.257 e. The molecule has 5 nitrogen and oxygen atoms in total. The number of benzene rings is 2. The standard InChI is InChI=1S/C30H41N3O2/c1-5-7-19-32(20-8-6-2)21-14-22-35-31-25(4)23-27-29(26-16-10-9-11-17-26)33(30(27)34)28-18-13-12-15-24(28)3/h9-13,15-18,23,29,31H,4-8,14,19-22H2,1-3H3. The monoisotopic (exact) mass is 475 g/mol. The van der Waals surface area contributed by atoms with Crippen molar-refractivity contribution in [2.24, 2.45) is 0 Å². The molecule has 1 aliphatic heterocycles. The fourth-order valence-electron chi connectivity index (χ4n) is 4.45. The summed E-state index contributed by atoms with van der Waals surface area (Å²) in [6.07, 6.45) is 7.70. The van der Waals surface area contributed by atoms with Crippen molar-refractivity contribution in [3.63, 3.8) is 0 Å². The first-order valence-electron chi connectivity index (χ1n) is 13.0. The number of allylic oxidation sites excluding steroid dienone is 1. The summed E-state index contributed by atoms with van der Waals surface area (Å²) >= 11 is 0. The minimum absolute atomic E-state index is 0.00130. The number of rotatable bonds is 15. The summed E-state index contributed by atoms with van der Waals surface area (Å²) in [5.41, 5.74) is 7.34. The first-order valence-corrected chi connectivity index (χ1v) is 13.0. The Labute approximate surface area is 211 Å². The van der Waals surface area contributed by atoms with Crippen LogP contribution in [-0.2, 0) is 9.63 Å². The van der Waals surface area contributed by atoms with E-state index in [1.54, 1.807) is 0 Å². The van der Waals surface area contributed by atoms with E-state index >= 15 is 0 Å². The predicted molar refractivity (Wildman–Crippen MR) is 145 cm³/mol. The second kappa shape index (κ2) is 13.9. The summed E-state index contributed by atoms with van der Waals surface area (Å²) in [4.78, 5) is 23.3. The Morgan fingerprint density at radius 1 is 1.00 bits per heavy atom. The highest BCUT2D eigenvalue weighted by Gasteiger charge is 2.44. The number of hydrogen-bond acceptors (Lipinski definition) is 4. The maximum Gasteiger partial charge on any atom is 0.257 e. The topological polar surface area (TPSA) is 44.8 Å². The maximum absolute atomic E-state index is 13.2. The van der Waals surface area contributed by atoms with Gasteiger partial charge in [-0.1, -0.05) is 81.8 Å². The number of hydrogen-bond donors (Lipinski definition) is 1. The Balaban J connectivity index is 1.58. The second-order valence-corrected chi connectivity index (χ2v) is 9.25. The lowest BCUT2D eigenvalue weighted by Gasteiger charge is -2.44. The molecule has 5 heteroatoms. The zero-order valence-corrected chi connectivity index (χ0v) is 21.6. The maximum atomic E-state index is 13.2. The summed E-state index contributed by atoms with van der Waals surface area (Å²) < 4.78 is 0. The van der Waals surface area contributed by atoms with Gasteiger partial charge in [0.05, 0.1) is 18.3 Å². The van der Waals surface area contributed by atoms with Gasteiger partial charge in [0.15, 0.2) is 0 Å². The largest absolute Gasteiger partial charge is 0.303 e. The number of aryl methyl sites for hydroxylation is 1. The van der Waals surface area contributed by atoms with Crippen LogP contribution in [0.15, 0.2) is 78.5 Å². The van der Waals surface area contributed by atoms with E-state index in [1.165, 1.54) is 25.7 Å². The van der Waals surface area contributed by atoms with Crippen LogP contribution in [0.3, 0.4) is 0 Å². The summed E-state index contributed by atoms with van der Waals surface area (Å²) in [6, 6.07) is 18.0. The number of anilines is 1. The molecule has 1 atom stereocenters. The van der Waals surface area contributed by atoms with Crippen LogP contribution in [0.4, 0.5) is 5.69 Å². The van der Waals surface area contributed by atoms with Gasteiger partial charge in [-0.15, -0.1) is 0 Å². The lowest BCUT2D eigenvalue weighted by atomic mass is 9.86. The number of carbonyl (C=O) groups is 1. The summed E-state index contributed by atoms with van der Waals surface area (Å²) in [5, 5.41) is 0. The van der Waals surface area contributed by atoms with Crippen LogP contribution < -0.4 is 10.4 Å². The third-order valence-electron chi connectivity index (χ3n) is 6.42. The Morgan fingerprint density at radius 2 is 1.63 bits per heavy atom. The molecule has 2 aromatic rings. The molecule has 1 aliphatic rings. The number of carbonyl (C=O) groups excluding carboxylic acids is 1. The van der Waals surface area contributed by atoms with Crippen LogP contribution in [-0.4, -0.2) is 37.0 Å². The van der Waals surface area contributed by atoms with Crippen molar-refractivity contribution in [1.82, 2.24) is 10.4 Å². The van der Waals surface area contributed by atoms with E-state index < -0.39 is 0 Å². The van der Waals surface area contributed by atoms with Crippen molar-refractivity contribution in [2.45, 2.75) is 58.9 Å². The first kappa shape index (κ1) is 26.7. The van der Waals surface area contributed by atoms with E-state index in [0.29, 0.717) is 17.9 Å². The molecule has 2 aromatic carbocycles. The fraction of sp³-hybridized carbons (Fsp3) is 0.433. The highest BCUT2D eigenvalue weighted by molar-refractivity contribution is 6.16. The minimum Gasteiger partial charge on any atom is -0.303 e. The molecule has 0 spiro atoms. The Kier molecular flexibility index (Phi) is 10.6. The van der Waals surface area contributed by atoms with Gasteiger partial charge in [-0.3, -0.25) is 20.0 Å². The molecule has 0 aromatic heterocycles. The Morgan fingerprint density at radius 3 is 2.29 bits per heavy atom. The molecule has 0 bridgehead atoms. The van der Waals surface area contributed by atoms with Crippen LogP contribution in [0.1, 0.15) is 63.1 Å². The molecule has 1 saturated heterocycles. The van der Waals surface area contributed by atoms with Crippen molar-refractivity contribution in [2.75, 3.05) is 31.1 Å². The third-order valence-corrected chi connectivity index (χ3v) is 6.42. The molecule has 0 radical (unpaired) electrons.